The molecular formula is C21H19N3O5. The molecule has 1 heterocycles. The van der Waals surface area contributed by atoms with E-state index < -0.39 is 24.5 Å². The second kappa shape index (κ2) is 8.83. The lowest BCUT2D eigenvalue weighted by atomic mass is 10.2. The van der Waals surface area contributed by atoms with Gasteiger partial charge in [-0.25, -0.2) is 14.3 Å². The Morgan fingerprint density at radius 2 is 1.55 bits per heavy atom. The molecule has 8 heteroatoms. The summed E-state index contributed by atoms with van der Waals surface area (Å²) in [6.45, 7) is 1.49. The number of ether oxygens (including phenoxy) is 2. The molecule has 3 aromatic rings. The van der Waals surface area contributed by atoms with Crippen molar-refractivity contribution in [3.8, 4) is 5.69 Å². The highest BCUT2D eigenvalue weighted by atomic mass is 16.5. The summed E-state index contributed by atoms with van der Waals surface area (Å²) in [5.41, 5.74) is 2.95. The maximum atomic E-state index is 12.1. The third kappa shape index (κ3) is 4.86. The molecule has 148 valence electrons. The van der Waals surface area contributed by atoms with Crippen molar-refractivity contribution >= 4 is 23.5 Å². The van der Waals surface area contributed by atoms with Gasteiger partial charge in [0.25, 0.3) is 5.91 Å². The fourth-order valence-electron chi connectivity index (χ4n) is 2.60. The lowest BCUT2D eigenvalue weighted by Crippen LogP contribution is -2.21. The number of carbonyl (C=O) groups is 3. The second-order valence-corrected chi connectivity index (χ2v) is 6.12. The Hall–Kier alpha value is -3.94. The molecule has 0 spiro atoms. The number of rotatable bonds is 6. The normalized spacial score (nSPS) is 10.3. The number of benzene rings is 2. The summed E-state index contributed by atoms with van der Waals surface area (Å²) in [5, 5.41) is 6.79. The van der Waals surface area contributed by atoms with Gasteiger partial charge in [-0.15, -0.1) is 0 Å². The molecule has 1 aromatic heterocycles. The first-order chi connectivity index (χ1) is 14.0. The number of aryl methyl sites for hydroxylation is 1. The number of esters is 2. The Balaban J connectivity index is 1.53. The molecule has 0 saturated carbocycles. The van der Waals surface area contributed by atoms with Crippen molar-refractivity contribution in [1.82, 2.24) is 9.78 Å². The molecule has 0 aliphatic carbocycles. The van der Waals surface area contributed by atoms with Crippen LogP contribution in [0.25, 0.3) is 5.69 Å². The minimum atomic E-state index is -0.607. The lowest BCUT2D eigenvalue weighted by molar-refractivity contribution is -0.119. The maximum Gasteiger partial charge on any atom is 0.338 e. The molecule has 0 aliphatic rings. The van der Waals surface area contributed by atoms with Gasteiger partial charge in [0.15, 0.2) is 6.61 Å². The van der Waals surface area contributed by atoms with Crippen LogP contribution >= 0.6 is 0 Å². The van der Waals surface area contributed by atoms with E-state index in [0.29, 0.717) is 16.8 Å². The number of carbonyl (C=O) groups excluding carboxylic acids is 3. The third-order valence-electron chi connectivity index (χ3n) is 4.10. The number of anilines is 1. The van der Waals surface area contributed by atoms with E-state index in [1.54, 1.807) is 47.3 Å². The summed E-state index contributed by atoms with van der Waals surface area (Å²) in [6.07, 6.45) is 1.69. The molecule has 0 saturated heterocycles. The first kappa shape index (κ1) is 19.8. The Kier molecular flexibility index (Phi) is 6.03. The molecule has 0 bridgehead atoms. The van der Waals surface area contributed by atoms with Gasteiger partial charge in [0.1, 0.15) is 0 Å². The monoisotopic (exact) mass is 393 g/mol. The van der Waals surface area contributed by atoms with Crippen LogP contribution in [-0.4, -0.2) is 41.3 Å². The number of nitrogens with zero attached hydrogens (tertiary/aromatic N) is 2. The van der Waals surface area contributed by atoms with Gasteiger partial charge in [-0.3, -0.25) is 4.79 Å². The summed E-state index contributed by atoms with van der Waals surface area (Å²) < 4.78 is 11.4. The van der Waals surface area contributed by atoms with E-state index in [9.17, 15) is 14.4 Å². The molecule has 29 heavy (non-hydrogen) atoms. The highest BCUT2D eigenvalue weighted by molar-refractivity contribution is 5.96. The van der Waals surface area contributed by atoms with Gasteiger partial charge in [0.05, 0.1) is 23.9 Å². The SMILES string of the molecule is COC(=O)c1ccc(NC(=O)COC(=O)c2ccc(-n3nccc3C)cc2)cc1. The Bertz CT molecular complexity index is 1020. The van der Waals surface area contributed by atoms with Crippen molar-refractivity contribution in [1.29, 1.82) is 0 Å². The summed E-state index contributed by atoms with van der Waals surface area (Å²) in [4.78, 5) is 35.5. The van der Waals surface area contributed by atoms with Crippen LogP contribution in [-0.2, 0) is 14.3 Å². The first-order valence-electron chi connectivity index (χ1n) is 8.74. The molecular weight excluding hydrogens is 374 g/mol. The van der Waals surface area contributed by atoms with E-state index in [2.05, 4.69) is 15.2 Å². The van der Waals surface area contributed by atoms with Crippen molar-refractivity contribution in [2.24, 2.45) is 0 Å². The van der Waals surface area contributed by atoms with Gasteiger partial charge < -0.3 is 14.8 Å². The van der Waals surface area contributed by atoms with Crippen LogP contribution in [0.4, 0.5) is 5.69 Å². The number of methoxy groups -OCH3 is 1. The van der Waals surface area contributed by atoms with Crippen molar-refractivity contribution in [2.75, 3.05) is 19.0 Å². The average molecular weight is 393 g/mol. The lowest BCUT2D eigenvalue weighted by Gasteiger charge is -2.08. The number of nitrogens with one attached hydrogen (secondary N) is 1. The van der Waals surface area contributed by atoms with Crippen molar-refractivity contribution in [3.63, 3.8) is 0 Å². The first-order valence-corrected chi connectivity index (χ1v) is 8.74. The minimum absolute atomic E-state index is 0.328. The fourth-order valence-corrected chi connectivity index (χ4v) is 2.60. The van der Waals surface area contributed by atoms with E-state index in [4.69, 9.17) is 4.74 Å². The minimum Gasteiger partial charge on any atom is -0.465 e. The van der Waals surface area contributed by atoms with E-state index in [0.717, 1.165) is 11.4 Å². The highest BCUT2D eigenvalue weighted by Gasteiger charge is 2.12. The smallest absolute Gasteiger partial charge is 0.338 e. The van der Waals surface area contributed by atoms with Crippen molar-refractivity contribution in [3.05, 3.63) is 77.6 Å². The van der Waals surface area contributed by atoms with Crippen LogP contribution in [0.5, 0.6) is 0 Å². The number of hydrogen-bond donors (Lipinski definition) is 1. The predicted octanol–water partition coefficient (Wildman–Crippen LogP) is 2.76. The summed E-state index contributed by atoms with van der Waals surface area (Å²) >= 11 is 0. The van der Waals surface area contributed by atoms with Gasteiger partial charge in [-0.1, -0.05) is 0 Å². The van der Waals surface area contributed by atoms with Crippen LogP contribution < -0.4 is 5.32 Å². The molecule has 0 unspecified atom stereocenters. The Labute approximate surface area is 167 Å². The molecule has 1 amide bonds. The van der Waals surface area contributed by atoms with Crippen LogP contribution in [0.1, 0.15) is 26.4 Å². The van der Waals surface area contributed by atoms with Gasteiger partial charge >= 0.3 is 11.9 Å². The standard InChI is InChI=1S/C21H19N3O5/c1-14-11-12-22-24(14)18-9-5-16(6-10-18)21(27)29-13-19(25)23-17-7-3-15(4-8-17)20(26)28-2/h3-12H,13H2,1-2H3,(H,23,25). The zero-order chi connectivity index (χ0) is 20.8. The summed E-state index contributed by atoms with van der Waals surface area (Å²) in [6, 6.07) is 14.8. The van der Waals surface area contributed by atoms with Crippen molar-refractivity contribution in [2.45, 2.75) is 6.92 Å². The van der Waals surface area contributed by atoms with E-state index in [1.165, 1.54) is 19.2 Å². The van der Waals surface area contributed by atoms with Crippen LogP contribution in [0.3, 0.4) is 0 Å². The molecule has 0 aliphatic heterocycles. The fraction of sp³-hybridized carbons (Fsp3) is 0.143. The predicted molar refractivity (Wildman–Crippen MR) is 105 cm³/mol. The topological polar surface area (TPSA) is 99.5 Å². The van der Waals surface area contributed by atoms with Crippen LogP contribution in [0, 0.1) is 6.92 Å². The maximum absolute atomic E-state index is 12.1. The summed E-state index contributed by atoms with van der Waals surface area (Å²) in [5.74, 6) is -1.57. The molecule has 8 nitrogen and oxygen atoms in total. The largest absolute Gasteiger partial charge is 0.465 e. The van der Waals surface area contributed by atoms with Gasteiger partial charge in [-0.05, 0) is 61.5 Å². The third-order valence-corrected chi connectivity index (χ3v) is 4.10. The molecule has 1 N–H and O–H groups in total. The number of amides is 1. The van der Waals surface area contributed by atoms with E-state index in [1.807, 2.05) is 13.0 Å². The Morgan fingerprint density at radius 3 is 2.14 bits per heavy atom. The molecule has 3 rings (SSSR count). The number of hydrogen-bond acceptors (Lipinski definition) is 6. The zero-order valence-corrected chi connectivity index (χ0v) is 15.9. The van der Waals surface area contributed by atoms with Gasteiger partial charge in [0, 0.05) is 17.6 Å². The summed E-state index contributed by atoms with van der Waals surface area (Å²) in [7, 11) is 1.29. The molecule has 0 fully saturated rings. The van der Waals surface area contributed by atoms with Gasteiger partial charge in [-0.2, -0.15) is 5.10 Å². The number of aromatic nitrogens is 2. The molecule has 2 aromatic carbocycles. The zero-order valence-electron chi connectivity index (χ0n) is 15.9. The van der Waals surface area contributed by atoms with Crippen LogP contribution in [0.15, 0.2) is 60.8 Å². The quantitative estimate of drug-likeness (QED) is 0.647. The average Bonchev–Trinajstić information content (AvgIpc) is 3.18. The van der Waals surface area contributed by atoms with Crippen LogP contribution in [0.2, 0.25) is 0 Å². The van der Waals surface area contributed by atoms with Gasteiger partial charge in [0.2, 0.25) is 0 Å². The van der Waals surface area contributed by atoms with E-state index >= 15 is 0 Å². The molecule has 0 radical (unpaired) electrons. The van der Waals surface area contributed by atoms with E-state index in [-0.39, 0.29) is 0 Å². The second-order valence-electron chi connectivity index (χ2n) is 6.12. The molecule has 0 atom stereocenters. The Morgan fingerprint density at radius 1 is 0.931 bits per heavy atom. The highest BCUT2D eigenvalue weighted by Crippen LogP contribution is 2.13. The van der Waals surface area contributed by atoms with Crippen molar-refractivity contribution < 1.29 is 23.9 Å².